The highest BCUT2D eigenvalue weighted by Gasteiger charge is 2.32. The molecule has 0 aromatic heterocycles. The molecule has 3 aromatic rings. The first kappa shape index (κ1) is 29.7. The quantitative estimate of drug-likeness (QED) is 0.342. The minimum absolute atomic E-state index is 0.0546. The number of nitrogens with zero attached hydrogens (tertiary/aromatic N) is 2. The molecule has 0 saturated heterocycles. The van der Waals surface area contributed by atoms with Crippen LogP contribution in [0.3, 0.4) is 0 Å². The number of carbonyl (C=O) groups is 2. The zero-order valence-electron chi connectivity index (χ0n) is 22.9. The molecule has 0 spiro atoms. The molecule has 0 aliphatic carbocycles. The van der Waals surface area contributed by atoms with Crippen molar-refractivity contribution >= 4 is 27.5 Å². The largest absolute Gasteiger partial charge is 0.497 e. The van der Waals surface area contributed by atoms with E-state index in [1.54, 1.807) is 49.4 Å². The van der Waals surface area contributed by atoms with Gasteiger partial charge in [0, 0.05) is 18.7 Å². The van der Waals surface area contributed by atoms with Crippen molar-refractivity contribution in [3.8, 4) is 5.75 Å². The molecule has 0 unspecified atom stereocenters. The van der Waals surface area contributed by atoms with E-state index in [-0.39, 0.29) is 29.1 Å². The summed E-state index contributed by atoms with van der Waals surface area (Å²) in [6.07, 6.45) is 1.26. The topological polar surface area (TPSA) is 96.0 Å². The summed E-state index contributed by atoms with van der Waals surface area (Å²) in [6.45, 7) is 5.30. The van der Waals surface area contributed by atoms with E-state index >= 15 is 0 Å². The Hall–Kier alpha value is -3.85. The number of nitrogens with one attached hydrogen (secondary N) is 1. The van der Waals surface area contributed by atoms with Crippen molar-refractivity contribution in [1.29, 1.82) is 0 Å². The lowest BCUT2D eigenvalue weighted by atomic mass is 10.1. The van der Waals surface area contributed by atoms with E-state index in [2.05, 4.69) is 5.32 Å². The van der Waals surface area contributed by atoms with Crippen LogP contribution >= 0.6 is 0 Å². The second kappa shape index (κ2) is 13.8. The molecule has 39 heavy (non-hydrogen) atoms. The SMILES string of the molecule is CC[C@@H](C)NC(=O)[C@@H](C)N(CCc1ccccc1)C(=O)CN(c1cccc(OC)c1)S(=O)(=O)c1ccccc1. The summed E-state index contributed by atoms with van der Waals surface area (Å²) in [6, 6.07) is 23.3. The highest BCUT2D eigenvalue weighted by atomic mass is 32.2. The van der Waals surface area contributed by atoms with Crippen LogP contribution in [-0.2, 0) is 26.0 Å². The van der Waals surface area contributed by atoms with Crippen LogP contribution in [0.5, 0.6) is 5.75 Å². The molecule has 2 amide bonds. The molecule has 8 nitrogen and oxygen atoms in total. The van der Waals surface area contributed by atoms with Gasteiger partial charge in [-0.05, 0) is 56.5 Å². The molecular weight excluding hydrogens is 514 g/mol. The third kappa shape index (κ3) is 7.83. The summed E-state index contributed by atoms with van der Waals surface area (Å²) >= 11 is 0. The van der Waals surface area contributed by atoms with Gasteiger partial charge in [-0.2, -0.15) is 0 Å². The van der Waals surface area contributed by atoms with Gasteiger partial charge in [-0.3, -0.25) is 13.9 Å². The predicted octanol–water partition coefficient (Wildman–Crippen LogP) is 4.27. The predicted molar refractivity (Wildman–Crippen MR) is 153 cm³/mol. The highest BCUT2D eigenvalue weighted by molar-refractivity contribution is 7.92. The number of rotatable bonds is 13. The minimum Gasteiger partial charge on any atom is -0.497 e. The number of hydrogen-bond donors (Lipinski definition) is 1. The van der Waals surface area contributed by atoms with Crippen LogP contribution in [0, 0.1) is 0 Å². The summed E-state index contributed by atoms with van der Waals surface area (Å²) in [5.74, 6) is -0.319. The van der Waals surface area contributed by atoms with Gasteiger partial charge < -0.3 is 15.0 Å². The maximum absolute atomic E-state index is 13.9. The van der Waals surface area contributed by atoms with E-state index in [1.165, 1.54) is 24.1 Å². The fraction of sp³-hybridized carbons (Fsp3) is 0.333. The highest BCUT2D eigenvalue weighted by Crippen LogP contribution is 2.27. The van der Waals surface area contributed by atoms with Gasteiger partial charge in [0.15, 0.2) is 0 Å². The molecule has 3 aromatic carbocycles. The second-order valence-electron chi connectivity index (χ2n) is 9.34. The van der Waals surface area contributed by atoms with Gasteiger partial charge in [0.25, 0.3) is 10.0 Å². The lowest BCUT2D eigenvalue weighted by Gasteiger charge is -2.32. The smallest absolute Gasteiger partial charge is 0.264 e. The summed E-state index contributed by atoms with van der Waals surface area (Å²) in [5, 5.41) is 2.94. The van der Waals surface area contributed by atoms with Crippen molar-refractivity contribution in [2.24, 2.45) is 0 Å². The molecule has 208 valence electrons. The Morgan fingerprint density at radius 1 is 0.923 bits per heavy atom. The summed E-state index contributed by atoms with van der Waals surface area (Å²) in [7, 11) is -2.62. The first-order chi connectivity index (χ1) is 18.7. The van der Waals surface area contributed by atoms with Crippen molar-refractivity contribution in [2.45, 2.75) is 50.6 Å². The molecule has 0 bridgehead atoms. The van der Waals surface area contributed by atoms with Crippen LogP contribution in [0.1, 0.15) is 32.8 Å². The molecular formula is C30H37N3O5S. The van der Waals surface area contributed by atoms with Crippen LogP contribution < -0.4 is 14.4 Å². The van der Waals surface area contributed by atoms with Crippen LogP contribution in [0.15, 0.2) is 89.8 Å². The number of amides is 2. The molecule has 0 fully saturated rings. The number of hydrogen-bond acceptors (Lipinski definition) is 5. The lowest BCUT2D eigenvalue weighted by molar-refractivity contribution is -0.139. The number of anilines is 1. The van der Waals surface area contributed by atoms with Crippen LogP contribution in [0.4, 0.5) is 5.69 Å². The first-order valence-electron chi connectivity index (χ1n) is 13.0. The van der Waals surface area contributed by atoms with Gasteiger partial charge in [-0.1, -0.05) is 61.5 Å². The normalized spacial score (nSPS) is 12.7. The number of sulfonamides is 1. The van der Waals surface area contributed by atoms with Crippen molar-refractivity contribution in [3.63, 3.8) is 0 Å². The monoisotopic (exact) mass is 551 g/mol. The Balaban J connectivity index is 1.98. The van der Waals surface area contributed by atoms with Gasteiger partial charge in [0.05, 0.1) is 17.7 Å². The van der Waals surface area contributed by atoms with Crippen LogP contribution in [-0.4, -0.2) is 57.4 Å². The molecule has 1 N–H and O–H groups in total. The zero-order valence-corrected chi connectivity index (χ0v) is 23.7. The molecule has 0 aliphatic rings. The van der Waals surface area contributed by atoms with Crippen molar-refractivity contribution in [3.05, 3.63) is 90.5 Å². The zero-order chi connectivity index (χ0) is 28.4. The molecule has 0 radical (unpaired) electrons. The van der Waals surface area contributed by atoms with Crippen LogP contribution in [0.25, 0.3) is 0 Å². The third-order valence-corrected chi connectivity index (χ3v) is 8.39. The summed E-state index contributed by atoms with van der Waals surface area (Å²) in [4.78, 5) is 28.5. The van der Waals surface area contributed by atoms with Crippen LogP contribution in [0.2, 0.25) is 0 Å². The molecule has 9 heteroatoms. The fourth-order valence-corrected chi connectivity index (χ4v) is 5.48. The first-order valence-corrected chi connectivity index (χ1v) is 14.5. The van der Waals surface area contributed by atoms with Gasteiger partial charge in [-0.25, -0.2) is 8.42 Å². The Morgan fingerprint density at radius 2 is 1.56 bits per heavy atom. The van der Waals surface area contributed by atoms with Gasteiger partial charge in [-0.15, -0.1) is 0 Å². The van der Waals surface area contributed by atoms with Crippen molar-refractivity contribution in [1.82, 2.24) is 10.2 Å². The Morgan fingerprint density at radius 3 is 2.18 bits per heavy atom. The molecule has 3 rings (SSSR count). The molecule has 2 atom stereocenters. The number of carbonyl (C=O) groups excluding carboxylic acids is 2. The van der Waals surface area contributed by atoms with Gasteiger partial charge >= 0.3 is 0 Å². The van der Waals surface area contributed by atoms with Crippen molar-refractivity contribution < 1.29 is 22.7 Å². The average Bonchev–Trinajstić information content (AvgIpc) is 2.96. The van der Waals surface area contributed by atoms with E-state index in [1.807, 2.05) is 44.2 Å². The number of ether oxygens (including phenoxy) is 1. The van der Waals surface area contributed by atoms with E-state index in [0.717, 1.165) is 16.3 Å². The average molecular weight is 552 g/mol. The standard InChI is InChI=1S/C30H37N3O5S/c1-5-23(2)31-30(35)24(3)32(20-19-25-13-8-6-9-14-25)29(34)22-33(26-15-12-16-27(21-26)38-4)39(36,37)28-17-10-7-11-18-28/h6-18,21,23-24H,5,19-20,22H2,1-4H3,(H,31,35)/t23-,24-/m1/s1. The maximum Gasteiger partial charge on any atom is 0.264 e. The third-order valence-electron chi connectivity index (χ3n) is 6.60. The Bertz CT molecular complexity index is 1330. The fourth-order valence-electron chi connectivity index (χ4n) is 4.05. The molecule has 0 aliphatic heterocycles. The summed E-state index contributed by atoms with van der Waals surface area (Å²) < 4.78 is 34.0. The molecule has 0 saturated carbocycles. The van der Waals surface area contributed by atoms with Gasteiger partial charge in [0.1, 0.15) is 18.3 Å². The Labute approximate surface area is 231 Å². The number of benzene rings is 3. The van der Waals surface area contributed by atoms with E-state index in [9.17, 15) is 18.0 Å². The summed E-state index contributed by atoms with van der Waals surface area (Å²) in [5.41, 5.74) is 1.29. The van der Waals surface area contributed by atoms with E-state index in [0.29, 0.717) is 12.2 Å². The molecule has 0 heterocycles. The number of methoxy groups -OCH3 is 1. The van der Waals surface area contributed by atoms with E-state index < -0.39 is 28.5 Å². The van der Waals surface area contributed by atoms with Crippen molar-refractivity contribution in [2.75, 3.05) is 24.5 Å². The maximum atomic E-state index is 13.9. The van der Waals surface area contributed by atoms with E-state index in [4.69, 9.17) is 4.74 Å². The van der Waals surface area contributed by atoms with Gasteiger partial charge in [0.2, 0.25) is 11.8 Å². The minimum atomic E-state index is -4.11. The lowest BCUT2D eigenvalue weighted by Crippen LogP contribution is -2.53. The second-order valence-corrected chi connectivity index (χ2v) is 11.2. The Kier molecular flexibility index (Phi) is 10.5.